The normalized spacial score (nSPS) is 12.2. The summed E-state index contributed by atoms with van der Waals surface area (Å²) in [6.45, 7) is 3.63. The van der Waals surface area contributed by atoms with E-state index in [4.69, 9.17) is 0 Å². The number of carboxylic acid groups (broad SMARTS) is 2. The van der Waals surface area contributed by atoms with Gasteiger partial charge in [0.15, 0.2) is 0 Å². The lowest BCUT2D eigenvalue weighted by Crippen LogP contribution is -2.48. The summed E-state index contributed by atoms with van der Waals surface area (Å²) in [4.78, 5) is 32.0. The molecule has 0 aliphatic heterocycles. The van der Waals surface area contributed by atoms with Gasteiger partial charge in [-0.05, 0) is 18.8 Å². The van der Waals surface area contributed by atoms with Gasteiger partial charge in [-0.1, -0.05) is 13.8 Å². The highest BCUT2D eigenvalue weighted by molar-refractivity contribution is 5.83. The van der Waals surface area contributed by atoms with Gasteiger partial charge in [-0.15, -0.1) is 0 Å². The number of hydrogen-bond donors (Lipinski definition) is 1. The van der Waals surface area contributed by atoms with Crippen molar-refractivity contribution in [2.24, 2.45) is 5.92 Å². The largest absolute Gasteiger partial charge is 0.550 e. The van der Waals surface area contributed by atoms with Crippen molar-refractivity contribution in [1.29, 1.82) is 0 Å². The molecule has 0 fully saturated rings. The van der Waals surface area contributed by atoms with Crippen LogP contribution in [0.3, 0.4) is 0 Å². The summed E-state index contributed by atoms with van der Waals surface area (Å²) in [5.41, 5.74) is 0. The number of hydrogen-bond acceptors (Lipinski definition) is 5. The van der Waals surface area contributed by atoms with E-state index in [2.05, 4.69) is 5.32 Å². The molecule has 0 aromatic carbocycles. The minimum absolute atomic E-state index is 0.101. The van der Waals surface area contributed by atoms with Crippen LogP contribution in [0.2, 0.25) is 0 Å². The van der Waals surface area contributed by atoms with Crippen molar-refractivity contribution >= 4 is 17.8 Å². The van der Waals surface area contributed by atoms with Gasteiger partial charge in [0.05, 0.1) is 12.0 Å². The Balaban J connectivity index is 4.17. The number of nitrogens with one attached hydrogen (secondary N) is 1. The third kappa shape index (κ3) is 6.80. The SMILES string of the molecule is CC(C)CC(=O)N[C@@H](CCC(=O)[O-])C(=O)[O-]. The number of carbonyl (C=O) groups excluding carboxylic acids is 3. The first-order valence-electron chi connectivity index (χ1n) is 5.03. The van der Waals surface area contributed by atoms with E-state index >= 15 is 0 Å². The molecule has 0 radical (unpaired) electrons. The highest BCUT2D eigenvalue weighted by Crippen LogP contribution is 2.01. The number of carbonyl (C=O) groups is 3. The third-order valence-corrected chi connectivity index (χ3v) is 1.85. The monoisotopic (exact) mass is 229 g/mol. The van der Waals surface area contributed by atoms with E-state index in [9.17, 15) is 24.6 Å². The Hall–Kier alpha value is -1.59. The molecule has 0 rings (SSSR count). The van der Waals surface area contributed by atoms with Crippen molar-refractivity contribution in [2.75, 3.05) is 0 Å². The minimum Gasteiger partial charge on any atom is -0.550 e. The maximum Gasteiger partial charge on any atom is 0.220 e. The van der Waals surface area contributed by atoms with Crippen LogP contribution in [-0.2, 0) is 14.4 Å². The summed E-state index contributed by atoms with van der Waals surface area (Å²) >= 11 is 0. The molecular formula is C10H15NO5-2. The molecule has 0 saturated carbocycles. The molecule has 1 N–H and O–H groups in total. The van der Waals surface area contributed by atoms with Gasteiger partial charge < -0.3 is 25.1 Å². The highest BCUT2D eigenvalue weighted by atomic mass is 16.4. The Bertz CT molecular complexity index is 274. The Labute approximate surface area is 93.6 Å². The average molecular weight is 229 g/mol. The third-order valence-electron chi connectivity index (χ3n) is 1.85. The molecule has 0 aliphatic rings. The Morgan fingerprint density at radius 3 is 2.12 bits per heavy atom. The minimum atomic E-state index is -1.49. The van der Waals surface area contributed by atoms with Crippen molar-refractivity contribution in [3.8, 4) is 0 Å². The maximum atomic E-state index is 11.2. The highest BCUT2D eigenvalue weighted by Gasteiger charge is 2.14. The Morgan fingerprint density at radius 1 is 1.19 bits per heavy atom. The van der Waals surface area contributed by atoms with E-state index in [1.54, 1.807) is 0 Å². The fourth-order valence-electron chi connectivity index (χ4n) is 1.14. The molecule has 16 heavy (non-hydrogen) atoms. The second-order valence-corrected chi connectivity index (χ2v) is 3.95. The van der Waals surface area contributed by atoms with Crippen LogP contribution in [0.1, 0.15) is 33.1 Å². The summed E-state index contributed by atoms with van der Waals surface area (Å²) in [6.07, 6.45) is -0.468. The zero-order valence-corrected chi connectivity index (χ0v) is 9.32. The van der Waals surface area contributed by atoms with Crippen LogP contribution in [0.25, 0.3) is 0 Å². The molecule has 0 bridgehead atoms. The fraction of sp³-hybridized carbons (Fsp3) is 0.700. The van der Waals surface area contributed by atoms with E-state index < -0.39 is 30.3 Å². The van der Waals surface area contributed by atoms with Crippen LogP contribution in [0.4, 0.5) is 0 Å². The van der Waals surface area contributed by atoms with Crippen molar-refractivity contribution in [3.05, 3.63) is 0 Å². The van der Waals surface area contributed by atoms with Crippen molar-refractivity contribution in [3.63, 3.8) is 0 Å². The predicted octanol–water partition coefficient (Wildman–Crippen LogP) is -2.20. The van der Waals surface area contributed by atoms with Gasteiger partial charge in [0, 0.05) is 12.4 Å². The van der Waals surface area contributed by atoms with Crippen LogP contribution in [0.15, 0.2) is 0 Å². The predicted molar refractivity (Wildman–Crippen MR) is 50.6 cm³/mol. The number of rotatable bonds is 7. The smallest absolute Gasteiger partial charge is 0.220 e. The second kappa shape index (κ2) is 6.81. The lowest BCUT2D eigenvalue weighted by atomic mass is 10.1. The number of aliphatic carboxylic acids is 2. The zero-order chi connectivity index (χ0) is 12.7. The van der Waals surface area contributed by atoms with Gasteiger partial charge in [-0.2, -0.15) is 0 Å². The molecule has 1 amide bonds. The fourth-order valence-corrected chi connectivity index (χ4v) is 1.14. The summed E-state index contributed by atoms with van der Waals surface area (Å²) in [7, 11) is 0. The topological polar surface area (TPSA) is 109 Å². The molecule has 0 heterocycles. The standard InChI is InChI=1S/C10H17NO5/c1-6(2)5-8(12)11-7(10(15)16)3-4-9(13)14/h6-7H,3-5H2,1-2H3,(H,11,12)(H,13,14)(H,15,16)/p-2/t7-/m0/s1. The van der Waals surface area contributed by atoms with Gasteiger partial charge in [0.1, 0.15) is 0 Å². The molecule has 0 aromatic heterocycles. The van der Waals surface area contributed by atoms with Gasteiger partial charge in [-0.3, -0.25) is 4.79 Å². The first-order valence-corrected chi connectivity index (χ1v) is 5.03. The van der Waals surface area contributed by atoms with Crippen LogP contribution in [0.5, 0.6) is 0 Å². The van der Waals surface area contributed by atoms with E-state index in [-0.39, 0.29) is 18.8 Å². The number of carboxylic acids is 2. The van der Waals surface area contributed by atoms with E-state index in [0.717, 1.165) is 0 Å². The van der Waals surface area contributed by atoms with E-state index in [1.807, 2.05) is 13.8 Å². The van der Waals surface area contributed by atoms with Crippen molar-refractivity contribution < 1.29 is 24.6 Å². The Kier molecular flexibility index (Phi) is 6.14. The average Bonchev–Trinajstić information content (AvgIpc) is 2.09. The molecule has 6 nitrogen and oxygen atoms in total. The Morgan fingerprint density at radius 2 is 1.75 bits per heavy atom. The molecule has 0 unspecified atom stereocenters. The lowest BCUT2D eigenvalue weighted by molar-refractivity contribution is -0.310. The molecule has 92 valence electrons. The summed E-state index contributed by atoms with van der Waals surface area (Å²) < 4.78 is 0. The maximum absolute atomic E-state index is 11.2. The van der Waals surface area contributed by atoms with Crippen molar-refractivity contribution in [2.45, 2.75) is 39.2 Å². The van der Waals surface area contributed by atoms with Crippen LogP contribution < -0.4 is 15.5 Å². The number of amides is 1. The van der Waals surface area contributed by atoms with E-state index in [0.29, 0.717) is 0 Å². The molecule has 0 saturated heterocycles. The molecule has 1 atom stereocenters. The van der Waals surface area contributed by atoms with Crippen LogP contribution >= 0.6 is 0 Å². The van der Waals surface area contributed by atoms with Gasteiger partial charge >= 0.3 is 0 Å². The molecule has 6 heteroatoms. The van der Waals surface area contributed by atoms with Gasteiger partial charge in [-0.25, -0.2) is 0 Å². The second-order valence-electron chi connectivity index (χ2n) is 3.95. The molecular weight excluding hydrogens is 214 g/mol. The van der Waals surface area contributed by atoms with Gasteiger partial charge in [0.2, 0.25) is 5.91 Å². The van der Waals surface area contributed by atoms with Crippen LogP contribution in [0, 0.1) is 5.92 Å². The summed E-state index contributed by atoms with van der Waals surface area (Å²) in [6, 6.07) is -1.27. The van der Waals surface area contributed by atoms with Gasteiger partial charge in [0.25, 0.3) is 0 Å². The summed E-state index contributed by atoms with van der Waals surface area (Å²) in [5, 5.41) is 23.0. The molecule has 0 aromatic rings. The molecule has 0 spiro atoms. The lowest BCUT2D eigenvalue weighted by Gasteiger charge is -2.20. The van der Waals surface area contributed by atoms with E-state index in [1.165, 1.54) is 0 Å². The molecule has 0 aliphatic carbocycles. The van der Waals surface area contributed by atoms with Crippen LogP contribution in [-0.4, -0.2) is 23.9 Å². The van der Waals surface area contributed by atoms with Crippen molar-refractivity contribution in [1.82, 2.24) is 5.32 Å². The first kappa shape index (κ1) is 14.4. The quantitative estimate of drug-likeness (QED) is 0.532. The zero-order valence-electron chi connectivity index (χ0n) is 9.32. The first-order chi connectivity index (χ1) is 7.32. The summed E-state index contributed by atoms with van der Waals surface area (Å²) in [5.74, 6) is -3.17.